The second-order valence-electron chi connectivity index (χ2n) is 5.62. The van der Waals surface area contributed by atoms with E-state index >= 15 is 0 Å². The van der Waals surface area contributed by atoms with Crippen LogP contribution in [0.1, 0.15) is 5.56 Å². The summed E-state index contributed by atoms with van der Waals surface area (Å²) in [5, 5.41) is 6.75. The number of aryl methyl sites for hydroxylation is 1. The van der Waals surface area contributed by atoms with E-state index in [1.165, 1.54) is 5.56 Å². The molecular weight excluding hydrogens is 304 g/mol. The highest BCUT2D eigenvalue weighted by atomic mass is 35.5. The monoisotopic (exact) mass is 318 g/mol. The lowest BCUT2D eigenvalue weighted by Crippen LogP contribution is -1.96. The van der Waals surface area contributed by atoms with E-state index in [9.17, 15) is 0 Å². The van der Waals surface area contributed by atoms with E-state index in [2.05, 4.69) is 37.3 Å². The van der Waals surface area contributed by atoms with Crippen molar-refractivity contribution in [1.29, 1.82) is 0 Å². The zero-order valence-electron chi connectivity index (χ0n) is 12.7. The van der Waals surface area contributed by atoms with Crippen molar-refractivity contribution in [1.82, 2.24) is 9.78 Å². The number of fused-ring (bicyclic) bond motifs is 1. The lowest BCUT2D eigenvalue weighted by atomic mass is 10.1. The van der Waals surface area contributed by atoms with Gasteiger partial charge in [0.05, 0.1) is 11.2 Å². The number of hydrogen-bond acceptors (Lipinski definition) is 1. The van der Waals surface area contributed by atoms with Crippen LogP contribution in [0.25, 0.3) is 27.8 Å². The molecule has 0 spiro atoms. The molecule has 3 heteroatoms. The molecule has 0 atom stereocenters. The number of rotatable bonds is 2. The van der Waals surface area contributed by atoms with Gasteiger partial charge in [-0.05, 0) is 42.8 Å². The highest BCUT2D eigenvalue weighted by Gasteiger charge is 2.13. The molecule has 0 fully saturated rings. The SMILES string of the molecule is Cc1ccc2c(-c3ccc(Cl)cc3)nn(-c3ccccc3)c2c1. The van der Waals surface area contributed by atoms with Gasteiger partial charge in [0.1, 0.15) is 5.69 Å². The number of hydrogen-bond donors (Lipinski definition) is 0. The summed E-state index contributed by atoms with van der Waals surface area (Å²) in [4.78, 5) is 0. The van der Waals surface area contributed by atoms with Crippen LogP contribution >= 0.6 is 11.6 Å². The molecule has 4 rings (SSSR count). The normalized spacial score (nSPS) is 11.0. The summed E-state index contributed by atoms with van der Waals surface area (Å²) in [6.07, 6.45) is 0. The molecule has 23 heavy (non-hydrogen) atoms. The van der Waals surface area contributed by atoms with E-state index < -0.39 is 0 Å². The zero-order valence-corrected chi connectivity index (χ0v) is 13.5. The lowest BCUT2D eigenvalue weighted by molar-refractivity contribution is 0.914. The number of para-hydroxylation sites is 1. The Kier molecular flexibility index (Phi) is 3.40. The Morgan fingerprint density at radius 2 is 1.61 bits per heavy atom. The molecule has 1 heterocycles. The summed E-state index contributed by atoms with van der Waals surface area (Å²) in [7, 11) is 0. The molecule has 0 bridgehead atoms. The molecule has 0 radical (unpaired) electrons. The van der Waals surface area contributed by atoms with Crippen LogP contribution in [0.15, 0.2) is 72.8 Å². The molecule has 0 saturated heterocycles. The van der Waals surface area contributed by atoms with Crippen LogP contribution in [0.2, 0.25) is 5.02 Å². The summed E-state index contributed by atoms with van der Waals surface area (Å²) >= 11 is 6.01. The van der Waals surface area contributed by atoms with Gasteiger partial charge in [0.2, 0.25) is 0 Å². The number of aromatic nitrogens is 2. The minimum absolute atomic E-state index is 0.733. The third-order valence-electron chi connectivity index (χ3n) is 3.95. The predicted molar refractivity (Wildman–Crippen MR) is 96.3 cm³/mol. The van der Waals surface area contributed by atoms with Gasteiger partial charge in [-0.1, -0.05) is 54.1 Å². The highest BCUT2D eigenvalue weighted by Crippen LogP contribution is 2.31. The molecule has 112 valence electrons. The fraction of sp³-hybridized carbons (Fsp3) is 0.0500. The smallest absolute Gasteiger partial charge is 0.101 e. The second kappa shape index (κ2) is 5.56. The maximum absolute atomic E-state index is 6.01. The predicted octanol–water partition coefficient (Wildman–Crippen LogP) is 5.65. The average molecular weight is 319 g/mol. The van der Waals surface area contributed by atoms with Crippen molar-refractivity contribution in [3.8, 4) is 16.9 Å². The maximum atomic E-state index is 6.01. The van der Waals surface area contributed by atoms with Crippen LogP contribution in [0.5, 0.6) is 0 Å². The molecule has 0 unspecified atom stereocenters. The van der Waals surface area contributed by atoms with Crippen LogP contribution in [0, 0.1) is 6.92 Å². The largest absolute Gasteiger partial charge is 0.232 e. The van der Waals surface area contributed by atoms with Crippen molar-refractivity contribution >= 4 is 22.5 Å². The minimum atomic E-state index is 0.733. The Morgan fingerprint density at radius 3 is 2.35 bits per heavy atom. The van der Waals surface area contributed by atoms with Crippen LogP contribution in [0.4, 0.5) is 0 Å². The average Bonchev–Trinajstić information content (AvgIpc) is 2.95. The third kappa shape index (κ3) is 2.51. The zero-order chi connectivity index (χ0) is 15.8. The van der Waals surface area contributed by atoms with Crippen molar-refractivity contribution in [2.75, 3.05) is 0 Å². The molecule has 2 nitrogen and oxygen atoms in total. The van der Waals surface area contributed by atoms with Gasteiger partial charge in [0.25, 0.3) is 0 Å². The Bertz CT molecular complexity index is 970. The van der Waals surface area contributed by atoms with E-state index in [-0.39, 0.29) is 0 Å². The molecule has 0 N–H and O–H groups in total. The molecule has 0 aliphatic heterocycles. The number of halogens is 1. The van der Waals surface area contributed by atoms with E-state index in [0.29, 0.717) is 0 Å². The van der Waals surface area contributed by atoms with Gasteiger partial charge in [-0.3, -0.25) is 0 Å². The molecule has 0 aliphatic rings. The molecular formula is C20H15ClN2. The van der Waals surface area contributed by atoms with E-state index in [1.807, 2.05) is 47.1 Å². The molecule has 4 aromatic rings. The van der Waals surface area contributed by atoms with Crippen molar-refractivity contribution in [2.45, 2.75) is 6.92 Å². The van der Waals surface area contributed by atoms with Gasteiger partial charge in [-0.15, -0.1) is 0 Å². The van der Waals surface area contributed by atoms with Gasteiger partial charge in [-0.2, -0.15) is 5.10 Å². The summed E-state index contributed by atoms with van der Waals surface area (Å²) in [5.41, 5.74) is 5.43. The van der Waals surface area contributed by atoms with Gasteiger partial charge in [-0.25, -0.2) is 4.68 Å². The highest BCUT2D eigenvalue weighted by molar-refractivity contribution is 6.30. The Morgan fingerprint density at radius 1 is 0.870 bits per heavy atom. The number of benzene rings is 3. The van der Waals surface area contributed by atoms with E-state index in [0.717, 1.165) is 32.9 Å². The Balaban J connectivity index is 2.01. The van der Waals surface area contributed by atoms with Crippen molar-refractivity contribution in [3.63, 3.8) is 0 Å². The molecule has 0 saturated carbocycles. The lowest BCUT2D eigenvalue weighted by Gasteiger charge is -2.03. The fourth-order valence-corrected chi connectivity index (χ4v) is 2.94. The van der Waals surface area contributed by atoms with Crippen LogP contribution in [-0.2, 0) is 0 Å². The fourth-order valence-electron chi connectivity index (χ4n) is 2.81. The first-order valence-corrected chi connectivity index (χ1v) is 7.91. The van der Waals surface area contributed by atoms with Gasteiger partial charge in [0, 0.05) is 16.0 Å². The van der Waals surface area contributed by atoms with Crippen LogP contribution in [0.3, 0.4) is 0 Å². The topological polar surface area (TPSA) is 17.8 Å². The quantitative estimate of drug-likeness (QED) is 0.466. The van der Waals surface area contributed by atoms with Crippen molar-refractivity contribution in [3.05, 3.63) is 83.4 Å². The van der Waals surface area contributed by atoms with Crippen molar-refractivity contribution < 1.29 is 0 Å². The maximum Gasteiger partial charge on any atom is 0.101 e. The van der Waals surface area contributed by atoms with E-state index in [4.69, 9.17) is 16.7 Å². The molecule has 1 aromatic heterocycles. The van der Waals surface area contributed by atoms with Gasteiger partial charge in [0.15, 0.2) is 0 Å². The first kappa shape index (κ1) is 14.0. The first-order chi connectivity index (χ1) is 11.2. The van der Waals surface area contributed by atoms with Crippen molar-refractivity contribution in [2.24, 2.45) is 0 Å². The molecule has 0 aliphatic carbocycles. The van der Waals surface area contributed by atoms with Gasteiger partial charge >= 0.3 is 0 Å². The summed E-state index contributed by atoms with van der Waals surface area (Å²) in [6.45, 7) is 2.10. The minimum Gasteiger partial charge on any atom is -0.232 e. The Hall–Kier alpha value is -2.58. The summed E-state index contributed by atoms with van der Waals surface area (Å²) < 4.78 is 2.01. The van der Waals surface area contributed by atoms with E-state index in [1.54, 1.807) is 0 Å². The standard InChI is InChI=1S/C20H15ClN2/c1-14-7-12-18-19(13-14)23(17-5-3-2-4-6-17)22-20(18)15-8-10-16(21)11-9-15/h2-13H,1H3. The molecule has 3 aromatic carbocycles. The van der Waals surface area contributed by atoms with Gasteiger partial charge < -0.3 is 0 Å². The summed E-state index contributed by atoms with van der Waals surface area (Å²) in [5.74, 6) is 0. The summed E-state index contributed by atoms with van der Waals surface area (Å²) in [6, 6.07) is 24.5. The first-order valence-electron chi connectivity index (χ1n) is 7.53. The third-order valence-corrected chi connectivity index (χ3v) is 4.21. The Labute approximate surface area is 140 Å². The number of nitrogens with zero attached hydrogens (tertiary/aromatic N) is 2. The van der Waals surface area contributed by atoms with Crippen LogP contribution in [-0.4, -0.2) is 9.78 Å². The second-order valence-corrected chi connectivity index (χ2v) is 6.06. The van der Waals surface area contributed by atoms with Crippen LogP contribution < -0.4 is 0 Å². The molecule has 0 amide bonds.